The molecule has 0 fully saturated rings. The summed E-state index contributed by atoms with van der Waals surface area (Å²) in [6.45, 7) is 0.548. The zero-order chi connectivity index (χ0) is 13.9. The number of fused-ring (bicyclic) bond motifs is 1. The lowest BCUT2D eigenvalue weighted by Gasteiger charge is -2.16. The van der Waals surface area contributed by atoms with Gasteiger partial charge in [-0.3, -0.25) is 9.78 Å². The van der Waals surface area contributed by atoms with Crippen molar-refractivity contribution in [1.29, 1.82) is 0 Å². The highest BCUT2D eigenvalue weighted by Gasteiger charge is 2.16. The maximum atomic E-state index is 12.5. The topological polar surface area (TPSA) is 49.0 Å². The Morgan fingerprint density at radius 3 is 2.90 bits per heavy atom. The van der Waals surface area contributed by atoms with E-state index in [0.717, 1.165) is 16.5 Å². The average molecular weight is 265 g/mol. The highest BCUT2D eigenvalue weighted by Crippen LogP contribution is 2.19. The lowest BCUT2D eigenvalue weighted by Crippen LogP contribution is -2.26. The van der Waals surface area contributed by atoms with Gasteiger partial charge in [0, 0.05) is 43.1 Å². The number of nitrogens with zero attached hydrogens (tertiary/aromatic N) is 2. The maximum Gasteiger partial charge on any atom is 0.256 e. The number of aromatic nitrogens is 2. The lowest BCUT2D eigenvalue weighted by atomic mass is 10.1. The molecule has 0 saturated heterocycles. The fraction of sp³-hybridized carbons (Fsp3) is 0.125. The van der Waals surface area contributed by atoms with Crippen molar-refractivity contribution in [3.8, 4) is 0 Å². The molecule has 0 bridgehead atoms. The van der Waals surface area contributed by atoms with Crippen LogP contribution in [0.4, 0.5) is 0 Å². The van der Waals surface area contributed by atoms with Gasteiger partial charge < -0.3 is 9.88 Å². The summed E-state index contributed by atoms with van der Waals surface area (Å²) in [4.78, 5) is 21.4. The number of carbonyl (C=O) groups excluding carboxylic acids is 1. The fourth-order valence-electron chi connectivity index (χ4n) is 2.29. The van der Waals surface area contributed by atoms with Crippen molar-refractivity contribution in [3.63, 3.8) is 0 Å². The van der Waals surface area contributed by atoms with Crippen LogP contribution in [0.5, 0.6) is 0 Å². The second-order valence-corrected chi connectivity index (χ2v) is 4.77. The number of aromatic amines is 1. The number of amides is 1. The first-order valence-corrected chi connectivity index (χ1v) is 6.46. The molecule has 1 aromatic carbocycles. The molecule has 2 heterocycles. The number of carbonyl (C=O) groups is 1. The Kier molecular flexibility index (Phi) is 3.21. The Labute approximate surface area is 117 Å². The second kappa shape index (κ2) is 5.17. The molecule has 0 radical (unpaired) electrons. The molecule has 3 aromatic rings. The van der Waals surface area contributed by atoms with E-state index in [0.29, 0.717) is 12.1 Å². The van der Waals surface area contributed by atoms with Crippen LogP contribution in [0.25, 0.3) is 10.9 Å². The predicted octanol–water partition coefficient (Wildman–Crippen LogP) is 2.84. The first-order chi connectivity index (χ1) is 9.75. The van der Waals surface area contributed by atoms with Gasteiger partial charge in [-0.05, 0) is 17.7 Å². The fourth-order valence-corrected chi connectivity index (χ4v) is 2.29. The Morgan fingerprint density at radius 1 is 1.25 bits per heavy atom. The monoisotopic (exact) mass is 265 g/mol. The molecule has 4 nitrogen and oxygen atoms in total. The van der Waals surface area contributed by atoms with Crippen LogP contribution in [0, 0.1) is 0 Å². The van der Waals surface area contributed by atoms with Gasteiger partial charge >= 0.3 is 0 Å². The first kappa shape index (κ1) is 12.4. The molecule has 0 atom stereocenters. The van der Waals surface area contributed by atoms with Crippen LogP contribution in [-0.2, 0) is 6.54 Å². The third-order valence-electron chi connectivity index (χ3n) is 3.31. The number of para-hydroxylation sites is 1. The van der Waals surface area contributed by atoms with Gasteiger partial charge in [-0.15, -0.1) is 0 Å². The molecule has 0 aliphatic carbocycles. The minimum absolute atomic E-state index is 0.00584. The summed E-state index contributed by atoms with van der Waals surface area (Å²) >= 11 is 0. The summed E-state index contributed by atoms with van der Waals surface area (Å²) in [6.07, 6.45) is 5.27. The molecule has 1 N–H and O–H groups in total. The van der Waals surface area contributed by atoms with E-state index in [4.69, 9.17) is 0 Å². The molecule has 3 rings (SSSR count). The molecule has 4 heteroatoms. The molecular weight excluding hydrogens is 250 g/mol. The van der Waals surface area contributed by atoms with E-state index in [9.17, 15) is 4.79 Å². The number of pyridine rings is 1. The molecule has 0 saturated carbocycles. The maximum absolute atomic E-state index is 12.5. The number of hydrogen-bond acceptors (Lipinski definition) is 2. The van der Waals surface area contributed by atoms with Gasteiger partial charge in [0.05, 0.1) is 5.56 Å². The minimum atomic E-state index is 0.00584. The molecule has 0 aliphatic rings. The van der Waals surface area contributed by atoms with E-state index >= 15 is 0 Å². The normalized spacial score (nSPS) is 10.7. The van der Waals surface area contributed by atoms with Gasteiger partial charge in [-0.25, -0.2) is 0 Å². The van der Waals surface area contributed by atoms with Crippen molar-refractivity contribution in [2.24, 2.45) is 0 Å². The van der Waals surface area contributed by atoms with Gasteiger partial charge in [0.25, 0.3) is 5.91 Å². The van der Waals surface area contributed by atoms with Crippen LogP contribution in [0.1, 0.15) is 15.9 Å². The Bertz CT molecular complexity index is 734. The van der Waals surface area contributed by atoms with Crippen LogP contribution >= 0.6 is 0 Å². The molecular formula is C16H15N3O. The van der Waals surface area contributed by atoms with Crippen LogP contribution in [0.3, 0.4) is 0 Å². The van der Waals surface area contributed by atoms with Crippen molar-refractivity contribution in [2.75, 3.05) is 7.05 Å². The van der Waals surface area contributed by atoms with Crippen LogP contribution in [0.15, 0.2) is 55.0 Å². The summed E-state index contributed by atoms with van der Waals surface area (Å²) in [5.74, 6) is 0.00584. The van der Waals surface area contributed by atoms with E-state index in [1.165, 1.54) is 0 Å². The summed E-state index contributed by atoms with van der Waals surface area (Å²) in [5.41, 5.74) is 2.70. The molecule has 1 amide bonds. The van der Waals surface area contributed by atoms with Gasteiger partial charge in [0.1, 0.15) is 0 Å². The van der Waals surface area contributed by atoms with Crippen LogP contribution in [0.2, 0.25) is 0 Å². The smallest absolute Gasteiger partial charge is 0.256 e. The van der Waals surface area contributed by atoms with E-state index in [-0.39, 0.29) is 5.91 Å². The average Bonchev–Trinajstić information content (AvgIpc) is 2.91. The minimum Gasteiger partial charge on any atom is -0.360 e. The predicted molar refractivity (Wildman–Crippen MR) is 78.3 cm³/mol. The summed E-state index contributed by atoms with van der Waals surface area (Å²) < 4.78 is 0. The SMILES string of the molecule is CN(Cc1cccnc1)C(=O)c1c[nH]c2ccccc12. The number of benzene rings is 1. The van der Waals surface area contributed by atoms with E-state index in [2.05, 4.69) is 9.97 Å². The zero-order valence-corrected chi connectivity index (χ0v) is 11.2. The molecule has 100 valence electrons. The van der Waals surface area contributed by atoms with E-state index < -0.39 is 0 Å². The number of rotatable bonds is 3. The molecule has 0 spiro atoms. The highest BCUT2D eigenvalue weighted by molar-refractivity contribution is 6.06. The molecule has 2 aromatic heterocycles. The number of nitrogens with one attached hydrogen (secondary N) is 1. The van der Waals surface area contributed by atoms with E-state index in [1.54, 1.807) is 30.5 Å². The Morgan fingerprint density at radius 2 is 2.10 bits per heavy atom. The molecule has 0 unspecified atom stereocenters. The van der Waals surface area contributed by atoms with Crippen LogP contribution < -0.4 is 0 Å². The molecule has 20 heavy (non-hydrogen) atoms. The third-order valence-corrected chi connectivity index (χ3v) is 3.31. The number of hydrogen-bond donors (Lipinski definition) is 1. The standard InChI is InChI=1S/C16H15N3O/c1-19(11-12-5-4-8-17-9-12)16(20)14-10-18-15-7-3-2-6-13(14)15/h2-10,18H,11H2,1H3. The van der Waals surface area contributed by atoms with Crippen molar-refractivity contribution in [1.82, 2.24) is 14.9 Å². The quantitative estimate of drug-likeness (QED) is 0.791. The lowest BCUT2D eigenvalue weighted by molar-refractivity contribution is 0.0787. The third kappa shape index (κ3) is 2.28. The van der Waals surface area contributed by atoms with Gasteiger partial charge in [0.15, 0.2) is 0 Å². The van der Waals surface area contributed by atoms with Crippen molar-refractivity contribution in [2.45, 2.75) is 6.54 Å². The zero-order valence-electron chi connectivity index (χ0n) is 11.2. The Balaban J connectivity index is 1.85. The highest BCUT2D eigenvalue weighted by atomic mass is 16.2. The summed E-state index contributed by atoms with van der Waals surface area (Å²) in [7, 11) is 1.80. The van der Waals surface area contributed by atoms with Gasteiger partial charge in [0.2, 0.25) is 0 Å². The summed E-state index contributed by atoms with van der Waals surface area (Å²) in [5, 5.41) is 0.954. The van der Waals surface area contributed by atoms with Crippen LogP contribution in [-0.4, -0.2) is 27.8 Å². The van der Waals surface area contributed by atoms with E-state index in [1.807, 2.05) is 36.4 Å². The van der Waals surface area contributed by atoms with Crippen molar-refractivity contribution >= 4 is 16.8 Å². The second-order valence-electron chi connectivity index (χ2n) is 4.77. The largest absolute Gasteiger partial charge is 0.360 e. The van der Waals surface area contributed by atoms with Crippen molar-refractivity contribution < 1.29 is 4.79 Å². The summed E-state index contributed by atoms with van der Waals surface area (Å²) in [6, 6.07) is 11.6. The van der Waals surface area contributed by atoms with Gasteiger partial charge in [-0.2, -0.15) is 0 Å². The van der Waals surface area contributed by atoms with Gasteiger partial charge in [-0.1, -0.05) is 24.3 Å². The van der Waals surface area contributed by atoms with Crippen molar-refractivity contribution in [3.05, 3.63) is 66.1 Å². The number of H-pyrrole nitrogens is 1. The Hall–Kier alpha value is -2.62. The first-order valence-electron chi connectivity index (χ1n) is 6.46. The molecule has 0 aliphatic heterocycles.